The van der Waals surface area contributed by atoms with Crippen molar-refractivity contribution in [2.24, 2.45) is 0 Å². The number of ether oxygens (including phenoxy) is 3. The van der Waals surface area contributed by atoms with Gasteiger partial charge in [0.25, 0.3) is 23.6 Å². The number of nitrogens with one attached hydrogen (secondary N) is 4. The lowest BCUT2D eigenvalue weighted by atomic mass is 10.0. The van der Waals surface area contributed by atoms with Crippen molar-refractivity contribution in [3.8, 4) is 5.75 Å². The van der Waals surface area contributed by atoms with Crippen molar-refractivity contribution >= 4 is 64.3 Å². The highest BCUT2D eigenvalue weighted by Gasteiger charge is 2.49. The topological polar surface area (TPSA) is 214 Å². The minimum Gasteiger partial charge on any atom is -0.495 e. The lowest BCUT2D eigenvalue weighted by Gasteiger charge is -2.31. The summed E-state index contributed by atoms with van der Waals surface area (Å²) >= 11 is 0. The number of carbonyl (C=O) groups is 6. The number of methoxy groups -OCH3 is 1. The van der Waals surface area contributed by atoms with Gasteiger partial charge < -0.3 is 40.0 Å². The predicted molar refractivity (Wildman–Crippen MR) is 212 cm³/mol. The number of imide groups is 2. The molecule has 1 saturated carbocycles. The van der Waals surface area contributed by atoms with Crippen LogP contribution in [0.3, 0.4) is 0 Å². The molecule has 1 saturated heterocycles. The quantitative estimate of drug-likeness (QED) is 0.121. The van der Waals surface area contributed by atoms with E-state index in [0.29, 0.717) is 25.1 Å². The Balaban J connectivity index is 0.844. The number of hydrogen-bond acceptors (Lipinski definition) is 14. The Morgan fingerprint density at radius 2 is 1.67 bits per heavy atom. The van der Waals surface area contributed by atoms with Crippen LogP contribution in [0.1, 0.15) is 69.6 Å². The molecule has 0 radical (unpaired) electrons. The molecule has 3 aromatic rings. The maximum absolute atomic E-state index is 15.3. The van der Waals surface area contributed by atoms with Gasteiger partial charge in [-0.15, -0.1) is 0 Å². The zero-order valence-corrected chi connectivity index (χ0v) is 33.4. The molecule has 6 amide bonds. The molecule has 4 heterocycles. The molecule has 21 heteroatoms. The van der Waals surface area contributed by atoms with Crippen LogP contribution < -0.4 is 35.8 Å². The van der Waals surface area contributed by atoms with Gasteiger partial charge in [0.1, 0.15) is 23.3 Å². The molecule has 18 nitrogen and oxygen atoms in total. The Labute approximate surface area is 347 Å². The van der Waals surface area contributed by atoms with Crippen LogP contribution in [-0.2, 0) is 23.9 Å². The van der Waals surface area contributed by atoms with E-state index < -0.39 is 59.8 Å². The number of hydrogen-bond donors (Lipinski definition) is 4. The second-order valence-corrected chi connectivity index (χ2v) is 14.8. The fourth-order valence-corrected chi connectivity index (χ4v) is 7.72. The van der Waals surface area contributed by atoms with Crippen LogP contribution in [0.5, 0.6) is 5.75 Å². The molecule has 3 aliphatic heterocycles. The summed E-state index contributed by atoms with van der Waals surface area (Å²) in [6.45, 7) is 0.369. The van der Waals surface area contributed by atoms with Crippen LogP contribution in [0.25, 0.3) is 0 Å². The van der Waals surface area contributed by atoms with E-state index in [1.54, 1.807) is 6.07 Å². The van der Waals surface area contributed by atoms with Crippen molar-refractivity contribution in [2.45, 2.75) is 56.5 Å². The summed E-state index contributed by atoms with van der Waals surface area (Å²) < 4.78 is 61.8. The minimum atomic E-state index is -3.65. The van der Waals surface area contributed by atoms with Crippen LogP contribution in [-0.4, -0.2) is 129 Å². The molecule has 4 N–H and O–H groups in total. The predicted octanol–water partition coefficient (Wildman–Crippen LogP) is 3.00. The van der Waals surface area contributed by atoms with E-state index in [2.05, 4.69) is 31.2 Å². The van der Waals surface area contributed by atoms with Crippen LogP contribution in [0.2, 0.25) is 0 Å². The summed E-state index contributed by atoms with van der Waals surface area (Å²) in [6.07, 6.45) is 4.40. The number of benzene rings is 2. The fourth-order valence-electron chi connectivity index (χ4n) is 7.72. The highest BCUT2D eigenvalue weighted by molar-refractivity contribution is 6.23. The monoisotopic (exact) mass is 851 g/mol. The van der Waals surface area contributed by atoms with Crippen molar-refractivity contribution in [1.29, 1.82) is 0 Å². The van der Waals surface area contributed by atoms with Crippen molar-refractivity contribution in [2.75, 3.05) is 80.7 Å². The summed E-state index contributed by atoms with van der Waals surface area (Å²) in [5.41, 5.74) is 0.782. The van der Waals surface area contributed by atoms with E-state index in [-0.39, 0.29) is 97.4 Å². The number of anilines is 5. The number of alkyl halides is 2. The summed E-state index contributed by atoms with van der Waals surface area (Å²) in [6, 6.07) is 5.61. The molecule has 4 aliphatic rings. The fraction of sp³-hybridized carbons (Fsp3) is 0.450. The molecule has 7 rings (SSSR count). The molecule has 0 bridgehead atoms. The van der Waals surface area contributed by atoms with Gasteiger partial charge in [-0.1, -0.05) is 12.8 Å². The van der Waals surface area contributed by atoms with Gasteiger partial charge in [-0.05, 0) is 43.5 Å². The van der Waals surface area contributed by atoms with E-state index >= 15 is 4.39 Å². The summed E-state index contributed by atoms with van der Waals surface area (Å²) in [5, 5.41) is 10.7. The maximum atomic E-state index is 15.3. The van der Waals surface area contributed by atoms with E-state index in [4.69, 9.17) is 14.2 Å². The van der Waals surface area contributed by atoms with Gasteiger partial charge in [0.2, 0.25) is 17.8 Å². The van der Waals surface area contributed by atoms with Crippen molar-refractivity contribution < 1.29 is 56.1 Å². The number of nitrogens with zero attached hydrogens (tertiary/aromatic N) is 5. The van der Waals surface area contributed by atoms with Gasteiger partial charge >= 0.3 is 5.92 Å². The van der Waals surface area contributed by atoms with Crippen LogP contribution in [0, 0.1) is 5.82 Å². The summed E-state index contributed by atoms with van der Waals surface area (Å²) in [7, 11) is 2.57. The molecule has 1 unspecified atom stereocenters. The van der Waals surface area contributed by atoms with Crippen LogP contribution in [0.4, 0.5) is 42.0 Å². The first-order valence-electron chi connectivity index (χ1n) is 19.7. The first-order valence-corrected chi connectivity index (χ1v) is 19.7. The van der Waals surface area contributed by atoms with Crippen molar-refractivity contribution in [3.05, 3.63) is 59.0 Å². The highest BCUT2D eigenvalue weighted by Crippen LogP contribution is 2.40. The lowest BCUT2D eigenvalue weighted by molar-refractivity contribution is -0.140. The average molecular weight is 852 g/mol. The van der Waals surface area contributed by atoms with Gasteiger partial charge in [-0.3, -0.25) is 39.0 Å². The number of amides is 6. The first kappa shape index (κ1) is 42.8. The SMILES string of the molecule is COc1cc(C(=O)NCCOCCOCCNc2ccc3c(c2)C(=O)N(C2CCC(=O)NC2=O)C3=O)c(F)cc1Nc1ncc2c(n1)N(C1CCCC1)CC(F)(F)C(=O)N2C. The van der Waals surface area contributed by atoms with Crippen LogP contribution >= 0.6 is 0 Å². The smallest absolute Gasteiger partial charge is 0.342 e. The van der Waals surface area contributed by atoms with Gasteiger partial charge in [-0.25, -0.2) is 9.37 Å². The molecule has 1 aliphatic carbocycles. The number of piperidine rings is 1. The van der Waals surface area contributed by atoms with Gasteiger partial charge in [0.15, 0.2) is 5.82 Å². The highest BCUT2D eigenvalue weighted by atomic mass is 19.3. The third kappa shape index (κ3) is 9.07. The second-order valence-electron chi connectivity index (χ2n) is 14.8. The number of halogens is 3. The second kappa shape index (κ2) is 18.1. The molecular weight excluding hydrogens is 807 g/mol. The Morgan fingerprint density at radius 3 is 2.39 bits per heavy atom. The molecule has 1 aromatic heterocycles. The zero-order chi connectivity index (χ0) is 43.4. The number of carbonyl (C=O) groups excluding carboxylic acids is 6. The third-order valence-electron chi connectivity index (χ3n) is 10.8. The van der Waals surface area contributed by atoms with Gasteiger partial charge in [0.05, 0.1) is 68.7 Å². The zero-order valence-electron chi connectivity index (χ0n) is 33.4. The van der Waals surface area contributed by atoms with Gasteiger partial charge in [-0.2, -0.15) is 13.8 Å². The summed E-state index contributed by atoms with van der Waals surface area (Å²) in [5.74, 6) is -8.77. The third-order valence-corrected chi connectivity index (χ3v) is 10.8. The first-order chi connectivity index (χ1) is 29.3. The number of fused-ring (bicyclic) bond motifs is 2. The largest absolute Gasteiger partial charge is 0.495 e. The molecule has 61 heavy (non-hydrogen) atoms. The number of aromatic nitrogens is 2. The Morgan fingerprint density at radius 1 is 0.951 bits per heavy atom. The van der Waals surface area contributed by atoms with E-state index in [1.807, 2.05) is 0 Å². The van der Waals surface area contributed by atoms with Crippen molar-refractivity contribution in [1.82, 2.24) is 25.5 Å². The Hall–Kier alpha value is -6.35. The lowest BCUT2D eigenvalue weighted by Crippen LogP contribution is -2.54. The molecule has 2 fully saturated rings. The number of rotatable bonds is 16. The molecule has 324 valence electrons. The molecule has 0 spiro atoms. The Bertz CT molecular complexity index is 2240. The summed E-state index contributed by atoms with van der Waals surface area (Å²) in [4.78, 5) is 87.1. The maximum Gasteiger partial charge on any atom is 0.342 e. The van der Waals surface area contributed by atoms with Gasteiger partial charge in [0, 0.05) is 44.4 Å². The normalized spacial score (nSPS) is 18.8. The van der Waals surface area contributed by atoms with E-state index in [1.165, 1.54) is 43.5 Å². The molecule has 2 aromatic carbocycles. The molecular formula is C40H44F3N9O9. The Kier molecular flexibility index (Phi) is 12.7. The van der Waals surface area contributed by atoms with Crippen molar-refractivity contribution in [3.63, 3.8) is 0 Å². The molecule has 1 atom stereocenters. The van der Waals surface area contributed by atoms with E-state index in [0.717, 1.165) is 28.7 Å². The average Bonchev–Trinajstić information content (AvgIpc) is 3.84. The minimum absolute atomic E-state index is 0.0316. The van der Waals surface area contributed by atoms with Crippen LogP contribution in [0.15, 0.2) is 36.5 Å². The standard InChI is InChI=1S/C40H44F3N9O9/c1-50-30-20-46-39(49-33(30)51(23-5-3-4-6-23)21-40(42,43)38(50)58)47-28-19-27(41)26(18-31(28)59-2)34(54)45-12-14-61-16-15-60-13-11-44-22-7-8-24-25(17-22)37(57)52(36(24)56)29-9-10-32(53)48-35(29)55/h7-8,17-20,23,29,44H,3-6,9-16,21H2,1-2H3,(H,45,54)(H,46,47,49)(H,48,53,55). The van der Waals surface area contributed by atoms with E-state index in [9.17, 15) is 37.5 Å².